The lowest BCUT2D eigenvalue weighted by molar-refractivity contribution is -0.513. The molecule has 0 aromatic carbocycles. The van der Waals surface area contributed by atoms with Gasteiger partial charge in [0, 0.05) is 12.8 Å². The zero-order valence-electron chi connectivity index (χ0n) is 6.18. The van der Waals surface area contributed by atoms with Crippen molar-refractivity contribution in [1.29, 1.82) is 0 Å². The van der Waals surface area contributed by atoms with Crippen molar-refractivity contribution in [3.8, 4) is 5.92 Å². The van der Waals surface area contributed by atoms with E-state index in [0.29, 0.717) is 5.90 Å². The number of methoxy groups -OCH3 is 1. The third-order valence-electron chi connectivity index (χ3n) is 1.69. The van der Waals surface area contributed by atoms with Gasteiger partial charge >= 0.3 is 0 Å². The monoisotopic (exact) mass is 137 g/mol. The lowest BCUT2D eigenvalue weighted by Crippen LogP contribution is -2.18. The van der Waals surface area contributed by atoms with Crippen LogP contribution in [0.1, 0.15) is 12.8 Å². The zero-order chi connectivity index (χ0) is 7.40. The van der Waals surface area contributed by atoms with E-state index in [1.165, 1.54) is 12.8 Å². The molecule has 1 heterocycles. The molecule has 1 saturated heterocycles. The van der Waals surface area contributed by atoms with Crippen molar-refractivity contribution in [1.82, 2.24) is 0 Å². The molecular weight excluding hydrogens is 126 g/mol. The molecule has 0 aliphatic carbocycles. The van der Waals surface area contributed by atoms with E-state index in [2.05, 4.69) is 5.92 Å². The first-order valence-electron chi connectivity index (χ1n) is 3.47. The number of hydrogen-bond donors (Lipinski definition) is 0. The van der Waals surface area contributed by atoms with Crippen LogP contribution in [-0.2, 0) is 4.74 Å². The van der Waals surface area contributed by atoms with E-state index in [4.69, 9.17) is 11.2 Å². The first kappa shape index (κ1) is 7.14. The molecule has 0 aromatic rings. The maximum atomic E-state index is 6.87. The molecule has 0 aromatic heterocycles. The summed E-state index contributed by atoms with van der Waals surface area (Å²) in [6.07, 6.45) is 9.28. The Bertz CT molecular complexity index is 180. The van der Waals surface area contributed by atoms with Gasteiger partial charge in [-0.2, -0.15) is 5.92 Å². The van der Waals surface area contributed by atoms with Crippen LogP contribution < -0.4 is 0 Å². The summed E-state index contributed by atoms with van der Waals surface area (Å²) in [5, 5.41) is 0. The Labute approximate surface area is 61.5 Å². The summed E-state index contributed by atoms with van der Waals surface area (Å²) in [4.78, 5) is 0. The molecule has 0 spiro atoms. The SMILES string of the molecule is [C-]#CC(OC)=[N+]1CCCC1. The number of rotatable bonds is 0. The second kappa shape index (κ2) is 3.26. The number of hydrogen-bond acceptors (Lipinski definition) is 1. The molecule has 0 unspecified atom stereocenters. The van der Waals surface area contributed by atoms with Gasteiger partial charge in [0.1, 0.15) is 13.1 Å². The third kappa shape index (κ3) is 1.30. The van der Waals surface area contributed by atoms with Gasteiger partial charge in [-0.1, -0.05) is 0 Å². The maximum Gasteiger partial charge on any atom is 0.260 e. The molecule has 0 N–H and O–H groups in total. The fraction of sp³-hybridized carbons (Fsp3) is 0.625. The Morgan fingerprint density at radius 2 is 2.10 bits per heavy atom. The van der Waals surface area contributed by atoms with Gasteiger partial charge < -0.3 is 11.2 Å². The second-order valence-electron chi connectivity index (χ2n) is 2.33. The maximum absolute atomic E-state index is 6.87. The predicted molar refractivity (Wildman–Crippen MR) is 38.4 cm³/mol. The average molecular weight is 137 g/mol. The lowest BCUT2D eigenvalue weighted by Gasteiger charge is -2.04. The van der Waals surface area contributed by atoms with Gasteiger partial charge in [-0.05, 0) is 0 Å². The highest BCUT2D eigenvalue weighted by atomic mass is 16.5. The summed E-state index contributed by atoms with van der Waals surface area (Å²) < 4.78 is 6.96. The van der Waals surface area contributed by atoms with Crippen LogP contribution in [0.15, 0.2) is 0 Å². The molecule has 1 aliphatic heterocycles. The average Bonchev–Trinajstić information content (AvgIpc) is 2.43. The van der Waals surface area contributed by atoms with Gasteiger partial charge in [-0.25, -0.2) is 0 Å². The van der Waals surface area contributed by atoms with Crippen molar-refractivity contribution in [2.45, 2.75) is 12.8 Å². The van der Waals surface area contributed by atoms with Gasteiger partial charge in [0.25, 0.3) is 5.90 Å². The quantitative estimate of drug-likeness (QED) is 0.204. The van der Waals surface area contributed by atoms with Crippen molar-refractivity contribution in [3.63, 3.8) is 0 Å². The minimum Gasteiger partial charge on any atom is -0.526 e. The van der Waals surface area contributed by atoms with E-state index in [9.17, 15) is 0 Å². The number of ether oxygens (including phenoxy) is 1. The highest BCUT2D eigenvalue weighted by Gasteiger charge is 2.12. The van der Waals surface area contributed by atoms with Gasteiger partial charge in [-0.3, -0.25) is 4.58 Å². The predicted octanol–water partition coefficient (Wildman–Crippen LogP) is 0.427. The van der Waals surface area contributed by atoms with Crippen molar-refractivity contribution in [2.75, 3.05) is 20.2 Å². The molecule has 54 valence electrons. The molecule has 2 nitrogen and oxygen atoms in total. The van der Waals surface area contributed by atoms with E-state index in [0.717, 1.165) is 13.1 Å². The van der Waals surface area contributed by atoms with Crippen molar-refractivity contribution in [2.24, 2.45) is 0 Å². The van der Waals surface area contributed by atoms with E-state index in [-0.39, 0.29) is 0 Å². The van der Waals surface area contributed by atoms with E-state index in [1.807, 2.05) is 4.58 Å². The fourth-order valence-corrected chi connectivity index (χ4v) is 1.18. The normalized spacial score (nSPS) is 16.6. The zero-order valence-corrected chi connectivity index (χ0v) is 6.18. The standard InChI is InChI=1S/C8H11NO/c1-3-8(10-2)9-6-4-5-7-9/h4-7H2,2H3. The summed E-state index contributed by atoms with van der Waals surface area (Å²) in [7, 11) is 1.58. The smallest absolute Gasteiger partial charge is 0.260 e. The number of nitrogens with zero attached hydrogens (tertiary/aromatic N) is 1. The van der Waals surface area contributed by atoms with Crippen molar-refractivity contribution < 1.29 is 9.31 Å². The summed E-state index contributed by atoms with van der Waals surface area (Å²) in [5.74, 6) is 2.83. The van der Waals surface area contributed by atoms with Crippen LogP contribution in [0, 0.1) is 12.3 Å². The second-order valence-corrected chi connectivity index (χ2v) is 2.33. The Morgan fingerprint density at radius 3 is 2.50 bits per heavy atom. The molecule has 0 radical (unpaired) electrons. The minimum absolute atomic E-state index is 0.567. The highest BCUT2D eigenvalue weighted by Crippen LogP contribution is 2.01. The lowest BCUT2D eigenvalue weighted by atomic mass is 10.4. The van der Waals surface area contributed by atoms with E-state index >= 15 is 0 Å². The molecule has 1 rings (SSSR count). The molecular formula is C8H11NO. The van der Waals surface area contributed by atoms with E-state index in [1.54, 1.807) is 7.11 Å². The molecule has 0 bridgehead atoms. The van der Waals surface area contributed by atoms with Crippen LogP contribution in [0.4, 0.5) is 0 Å². The highest BCUT2D eigenvalue weighted by molar-refractivity contribution is 5.87. The van der Waals surface area contributed by atoms with Crippen LogP contribution in [0.25, 0.3) is 0 Å². The Kier molecular flexibility index (Phi) is 2.33. The van der Waals surface area contributed by atoms with Crippen LogP contribution in [0.3, 0.4) is 0 Å². The Hall–Kier alpha value is -0.970. The molecule has 10 heavy (non-hydrogen) atoms. The van der Waals surface area contributed by atoms with Gasteiger partial charge in [0.2, 0.25) is 0 Å². The first-order chi connectivity index (χ1) is 4.88. The summed E-state index contributed by atoms with van der Waals surface area (Å²) in [6.45, 7) is 2.02. The molecule has 1 fully saturated rings. The molecule has 0 atom stereocenters. The fourth-order valence-electron chi connectivity index (χ4n) is 1.18. The van der Waals surface area contributed by atoms with Gasteiger partial charge in [0.15, 0.2) is 0 Å². The van der Waals surface area contributed by atoms with Crippen molar-refractivity contribution in [3.05, 3.63) is 6.42 Å². The molecule has 0 amide bonds. The third-order valence-corrected chi connectivity index (χ3v) is 1.69. The molecule has 1 aliphatic rings. The summed E-state index contributed by atoms with van der Waals surface area (Å²) in [5.41, 5.74) is 0. The Morgan fingerprint density at radius 1 is 1.50 bits per heavy atom. The van der Waals surface area contributed by atoms with Gasteiger partial charge in [-0.15, -0.1) is 0 Å². The van der Waals surface area contributed by atoms with Crippen LogP contribution >= 0.6 is 0 Å². The first-order valence-corrected chi connectivity index (χ1v) is 3.47. The molecule has 0 saturated carbocycles. The van der Waals surface area contributed by atoms with Crippen LogP contribution in [0.5, 0.6) is 0 Å². The topological polar surface area (TPSA) is 12.2 Å². The van der Waals surface area contributed by atoms with E-state index < -0.39 is 0 Å². The van der Waals surface area contributed by atoms with Crippen molar-refractivity contribution >= 4 is 5.90 Å². The summed E-state index contributed by atoms with van der Waals surface area (Å²) >= 11 is 0. The van der Waals surface area contributed by atoms with Crippen LogP contribution in [-0.4, -0.2) is 30.7 Å². The largest absolute Gasteiger partial charge is 0.526 e. The molecule has 2 heteroatoms. The summed E-state index contributed by atoms with van der Waals surface area (Å²) in [6, 6.07) is 0. The van der Waals surface area contributed by atoms with Gasteiger partial charge in [0.05, 0.1) is 7.11 Å². The van der Waals surface area contributed by atoms with Crippen LogP contribution in [0.2, 0.25) is 0 Å². The minimum atomic E-state index is 0.567. The Balaban J connectivity index is 2.72.